The van der Waals surface area contributed by atoms with Crippen molar-refractivity contribution in [3.8, 4) is 0 Å². The van der Waals surface area contributed by atoms with Crippen molar-refractivity contribution in [2.75, 3.05) is 23.9 Å². The van der Waals surface area contributed by atoms with Gasteiger partial charge in [-0.05, 0) is 43.0 Å². The van der Waals surface area contributed by atoms with E-state index in [9.17, 15) is 13.2 Å². The number of carbonyl (C=O) groups is 1. The van der Waals surface area contributed by atoms with Crippen LogP contribution in [0.15, 0.2) is 65.6 Å². The van der Waals surface area contributed by atoms with Gasteiger partial charge in [-0.1, -0.05) is 43.3 Å². The van der Waals surface area contributed by atoms with Crippen molar-refractivity contribution in [3.05, 3.63) is 60.7 Å². The van der Waals surface area contributed by atoms with Gasteiger partial charge in [0, 0.05) is 13.1 Å². The van der Waals surface area contributed by atoms with E-state index in [1.165, 1.54) is 4.31 Å². The first-order valence-electron chi connectivity index (χ1n) is 8.89. The predicted octanol–water partition coefficient (Wildman–Crippen LogP) is 3.14. The summed E-state index contributed by atoms with van der Waals surface area (Å²) in [4.78, 5) is 14.8. The first kappa shape index (κ1) is 18.5. The third kappa shape index (κ3) is 4.07. The van der Waals surface area contributed by atoms with E-state index in [0.717, 1.165) is 12.8 Å². The highest BCUT2D eigenvalue weighted by Gasteiger charge is 2.30. The molecule has 1 amide bonds. The summed E-state index contributed by atoms with van der Waals surface area (Å²) < 4.78 is 27.6. The van der Waals surface area contributed by atoms with E-state index in [2.05, 4.69) is 6.92 Å². The number of rotatable bonds is 5. The molecule has 0 saturated carbocycles. The van der Waals surface area contributed by atoms with Gasteiger partial charge in [0.1, 0.15) is 6.54 Å². The number of sulfonamides is 1. The van der Waals surface area contributed by atoms with Crippen molar-refractivity contribution >= 4 is 21.6 Å². The monoisotopic (exact) mass is 372 g/mol. The molecule has 1 heterocycles. The molecular formula is C20H24N2O3S. The van der Waals surface area contributed by atoms with Gasteiger partial charge in [-0.15, -0.1) is 0 Å². The maximum absolute atomic E-state index is 13.2. The van der Waals surface area contributed by atoms with Crippen LogP contribution in [0.5, 0.6) is 0 Å². The fourth-order valence-corrected chi connectivity index (χ4v) is 4.70. The van der Waals surface area contributed by atoms with Gasteiger partial charge in [-0.25, -0.2) is 8.42 Å². The largest absolute Gasteiger partial charge is 0.341 e. The van der Waals surface area contributed by atoms with Crippen LogP contribution in [-0.2, 0) is 14.8 Å². The minimum atomic E-state index is -3.82. The summed E-state index contributed by atoms with van der Waals surface area (Å²) in [5.41, 5.74) is 0.495. The van der Waals surface area contributed by atoms with Crippen LogP contribution in [0.3, 0.4) is 0 Å². The lowest BCUT2D eigenvalue weighted by Gasteiger charge is -2.33. The van der Waals surface area contributed by atoms with Crippen molar-refractivity contribution in [1.82, 2.24) is 4.90 Å². The van der Waals surface area contributed by atoms with Crippen LogP contribution in [0, 0.1) is 5.92 Å². The number of amides is 1. The minimum absolute atomic E-state index is 0.153. The van der Waals surface area contributed by atoms with Crippen LogP contribution in [0.2, 0.25) is 0 Å². The number of hydrogen-bond donors (Lipinski definition) is 0. The third-order valence-electron chi connectivity index (χ3n) is 4.66. The van der Waals surface area contributed by atoms with E-state index < -0.39 is 10.0 Å². The molecule has 1 atom stereocenters. The molecule has 0 bridgehead atoms. The number of hydrogen-bond acceptors (Lipinski definition) is 3. The van der Waals surface area contributed by atoms with Gasteiger partial charge in [0.2, 0.25) is 5.91 Å². The maximum Gasteiger partial charge on any atom is 0.264 e. The number of piperidine rings is 1. The standard InChI is InChI=1S/C20H24N2O3S/c1-17-9-8-14-21(15-17)20(23)16-22(18-10-4-2-5-11-18)26(24,25)19-12-6-3-7-13-19/h2-7,10-13,17H,8-9,14-16H2,1H3/t17-/m1/s1. The SMILES string of the molecule is C[C@@H]1CCCN(C(=O)CN(c2ccccc2)S(=O)(=O)c2ccccc2)C1. The van der Waals surface area contributed by atoms with Crippen molar-refractivity contribution < 1.29 is 13.2 Å². The Morgan fingerprint density at radius 1 is 1.08 bits per heavy atom. The molecule has 1 saturated heterocycles. The first-order chi connectivity index (χ1) is 12.5. The summed E-state index contributed by atoms with van der Waals surface area (Å²) in [6.07, 6.45) is 2.07. The summed E-state index contributed by atoms with van der Waals surface area (Å²) in [7, 11) is -3.82. The third-order valence-corrected chi connectivity index (χ3v) is 6.45. The zero-order valence-corrected chi connectivity index (χ0v) is 15.7. The molecule has 2 aromatic rings. The number of anilines is 1. The molecule has 0 radical (unpaired) electrons. The van der Waals surface area contributed by atoms with Crippen LogP contribution in [0.1, 0.15) is 19.8 Å². The summed E-state index contributed by atoms with van der Waals surface area (Å²) in [6, 6.07) is 17.1. The van der Waals surface area contributed by atoms with Crippen molar-refractivity contribution in [2.45, 2.75) is 24.7 Å². The van der Waals surface area contributed by atoms with E-state index in [1.807, 2.05) is 6.07 Å². The van der Waals surface area contributed by atoms with E-state index in [0.29, 0.717) is 24.7 Å². The highest BCUT2D eigenvalue weighted by molar-refractivity contribution is 7.92. The molecule has 138 valence electrons. The lowest BCUT2D eigenvalue weighted by atomic mass is 10.0. The molecule has 0 aromatic heterocycles. The Labute approximate surface area is 155 Å². The molecule has 3 rings (SSSR count). The first-order valence-corrected chi connectivity index (χ1v) is 10.3. The van der Waals surface area contributed by atoms with E-state index in [4.69, 9.17) is 0 Å². The van der Waals surface area contributed by atoms with Gasteiger partial charge in [-0.2, -0.15) is 0 Å². The van der Waals surface area contributed by atoms with Gasteiger partial charge in [0.25, 0.3) is 10.0 Å². The van der Waals surface area contributed by atoms with Gasteiger partial charge >= 0.3 is 0 Å². The summed E-state index contributed by atoms with van der Waals surface area (Å²) in [6.45, 7) is 3.31. The van der Waals surface area contributed by atoms with Crippen molar-refractivity contribution in [1.29, 1.82) is 0 Å². The molecule has 0 spiro atoms. The highest BCUT2D eigenvalue weighted by atomic mass is 32.2. The molecular weight excluding hydrogens is 348 g/mol. The average Bonchev–Trinajstić information content (AvgIpc) is 2.67. The second-order valence-corrected chi connectivity index (χ2v) is 8.61. The molecule has 0 aliphatic carbocycles. The van der Waals surface area contributed by atoms with Crippen LogP contribution in [-0.4, -0.2) is 38.9 Å². The van der Waals surface area contributed by atoms with Crippen molar-refractivity contribution in [3.63, 3.8) is 0 Å². The smallest absolute Gasteiger partial charge is 0.264 e. The number of likely N-dealkylation sites (tertiary alicyclic amines) is 1. The number of para-hydroxylation sites is 1. The second kappa shape index (κ2) is 7.91. The molecule has 1 aliphatic heterocycles. The van der Waals surface area contributed by atoms with E-state index in [1.54, 1.807) is 59.5 Å². The van der Waals surface area contributed by atoms with Gasteiger partial charge < -0.3 is 4.90 Å². The van der Waals surface area contributed by atoms with Gasteiger partial charge in [-0.3, -0.25) is 9.10 Å². The lowest BCUT2D eigenvalue weighted by Crippen LogP contribution is -2.46. The minimum Gasteiger partial charge on any atom is -0.341 e. The van der Waals surface area contributed by atoms with Crippen LogP contribution >= 0.6 is 0 Å². The van der Waals surface area contributed by atoms with Gasteiger partial charge in [0.05, 0.1) is 10.6 Å². The summed E-state index contributed by atoms with van der Waals surface area (Å²) in [5.74, 6) is 0.295. The Morgan fingerprint density at radius 3 is 2.31 bits per heavy atom. The van der Waals surface area contributed by atoms with Crippen LogP contribution in [0.4, 0.5) is 5.69 Å². The Kier molecular flexibility index (Phi) is 5.61. The van der Waals surface area contributed by atoms with Crippen LogP contribution < -0.4 is 4.31 Å². The topological polar surface area (TPSA) is 57.7 Å². The Morgan fingerprint density at radius 2 is 1.69 bits per heavy atom. The number of carbonyl (C=O) groups excluding carboxylic acids is 1. The molecule has 1 aliphatic rings. The second-order valence-electron chi connectivity index (χ2n) is 6.75. The molecule has 0 N–H and O–H groups in total. The zero-order chi connectivity index (χ0) is 18.6. The Hall–Kier alpha value is -2.34. The molecule has 2 aromatic carbocycles. The normalized spacial score (nSPS) is 17.7. The zero-order valence-electron chi connectivity index (χ0n) is 14.9. The summed E-state index contributed by atoms with van der Waals surface area (Å²) >= 11 is 0. The average molecular weight is 372 g/mol. The lowest BCUT2D eigenvalue weighted by molar-refractivity contribution is -0.131. The summed E-state index contributed by atoms with van der Waals surface area (Å²) in [5, 5.41) is 0. The fourth-order valence-electron chi connectivity index (χ4n) is 3.27. The number of nitrogens with zero attached hydrogens (tertiary/aromatic N) is 2. The highest BCUT2D eigenvalue weighted by Crippen LogP contribution is 2.24. The van der Waals surface area contributed by atoms with Gasteiger partial charge in [0.15, 0.2) is 0 Å². The fraction of sp³-hybridized carbons (Fsp3) is 0.350. The van der Waals surface area contributed by atoms with Crippen molar-refractivity contribution in [2.24, 2.45) is 5.92 Å². The van der Waals surface area contributed by atoms with E-state index >= 15 is 0 Å². The Bertz CT molecular complexity index is 838. The Balaban J connectivity index is 1.91. The molecule has 5 nitrogen and oxygen atoms in total. The molecule has 1 fully saturated rings. The quantitative estimate of drug-likeness (QED) is 0.810. The van der Waals surface area contributed by atoms with E-state index in [-0.39, 0.29) is 17.3 Å². The molecule has 6 heteroatoms. The van der Waals surface area contributed by atoms with Crippen LogP contribution in [0.25, 0.3) is 0 Å². The maximum atomic E-state index is 13.2. The molecule has 26 heavy (non-hydrogen) atoms. The predicted molar refractivity (Wildman–Crippen MR) is 102 cm³/mol. The number of benzene rings is 2. The molecule has 0 unspecified atom stereocenters.